The van der Waals surface area contributed by atoms with Crippen molar-refractivity contribution in [1.29, 1.82) is 0 Å². The van der Waals surface area contributed by atoms with E-state index in [2.05, 4.69) is 25.9 Å². The number of guanidine groups is 1. The number of benzene rings is 1. The van der Waals surface area contributed by atoms with Crippen LogP contribution in [0.4, 0.5) is 0 Å². The first-order valence-electron chi connectivity index (χ1n) is 13.5. The molecular formula is C27H42N8O6. The highest BCUT2D eigenvalue weighted by Crippen LogP contribution is 2.19. The molecule has 2 aromatic rings. The Morgan fingerprint density at radius 3 is 2.24 bits per heavy atom. The van der Waals surface area contributed by atoms with E-state index >= 15 is 0 Å². The maximum absolute atomic E-state index is 13.2. The first-order chi connectivity index (χ1) is 19.3. The first kappa shape index (κ1) is 33.0. The Balaban J connectivity index is 2.07. The molecule has 5 atom stereocenters. The van der Waals surface area contributed by atoms with Gasteiger partial charge in [0.05, 0.1) is 12.1 Å². The van der Waals surface area contributed by atoms with E-state index in [0.29, 0.717) is 6.42 Å². The fourth-order valence-electron chi connectivity index (χ4n) is 4.29. The van der Waals surface area contributed by atoms with E-state index in [9.17, 15) is 29.4 Å². The van der Waals surface area contributed by atoms with Crippen LogP contribution in [0.3, 0.4) is 0 Å². The number of nitrogens with zero attached hydrogens (tertiary/aromatic N) is 1. The summed E-state index contributed by atoms with van der Waals surface area (Å²) in [4.78, 5) is 57.7. The van der Waals surface area contributed by atoms with Crippen LogP contribution >= 0.6 is 0 Å². The molecule has 0 aliphatic rings. The molecule has 1 aromatic carbocycles. The molecule has 2 rings (SSSR count). The quantitative estimate of drug-likeness (QED) is 0.0680. The van der Waals surface area contributed by atoms with Gasteiger partial charge in [0.2, 0.25) is 17.7 Å². The molecule has 14 nitrogen and oxygen atoms in total. The second kappa shape index (κ2) is 15.6. The Bertz CT molecular complexity index is 1220. The predicted octanol–water partition coefficient (Wildman–Crippen LogP) is -0.943. The molecule has 1 heterocycles. The number of fused-ring (bicyclic) bond motifs is 1. The third kappa shape index (κ3) is 10.4. The molecule has 226 valence electrons. The van der Waals surface area contributed by atoms with Gasteiger partial charge in [-0.1, -0.05) is 32.0 Å². The smallest absolute Gasteiger partial charge is 0.326 e. The molecule has 41 heavy (non-hydrogen) atoms. The van der Waals surface area contributed by atoms with E-state index in [1.54, 1.807) is 6.20 Å². The van der Waals surface area contributed by atoms with Gasteiger partial charge in [-0.15, -0.1) is 0 Å². The highest BCUT2D eigenvalue weighted by Gasteiger charge is 2.32. The Morgan fingerprint density at radius 2 is 1.63 bits per heavy atom. The minimum Gasteiger partial charge on any atom is -0.480 e. The summed E-state index contributed by atoms with van der Waals surface area (Å²) in [5, 5.41) is 28.2. The number of aliphatic hydroxyl groups is 1. The Labute approximate surface area is 238 Å². The zero-order valence-electron chi connectivity index (χ0n) is 23.6. The van der Waals surface area contributed by atoms with Crippen LogP contribution in [-0.4, -0.2) is 81.7 Å². The standard InChI is InChI=1S/C27H42N8O6/c1-14(2)11-21(24(38)33-20(26(40)41)9-6-10-31-27(29)30)34-25(39)22(15(3)36)35-23(37)18(28)12-16-13-32-19-8-5-4-7-17(16)19/h4-5,7-8,13-15,18,20-22,32,36H,6,9-12,28H2,1-3H3,(H,33,38)(H,34,39)(H,35,37)(H,40,41)(H4,29,30,31). The molecule has 5 unspecified atom stereocenters. The van der Waals surface area contributed by atoms with Crippen molar-refractivity contribution in [1.82, 2.24) is 20.9 Å². The highest BCUT2D eigenvalue weighted by atomic mass is 16.4. The zero-order chi connectivity index (χ0) is 30.7. The van der Waals surface area contributed by atoms with Gasteiger partial charge in [0, 0.05) is 23.6 Å². The summed E-state index contributed by atoms with van der Waals surface area (Å²) < 4.78 is 0. The van der Waals surface area contributed by atoms with Crippen molar-refractivity contribution in [2.24, 2.45) is 28.1 Å². The molecule has 0 radical (unpaired) electrons. The first-order valence-corrected chi connectivity index (χ1v) is 13.5. The lowest BCUT2D eigenvalue weighted by molar-refractivity contribution is -0.142. The maximum Gasteiger partial charge on any atom is 0.326 e. The third-order valence-corrected chi connectivity index (χ3v) is 6.41. The number of nitrogens with two attached hydrogens (primary N) is 3. The van der Waals surface area contributed by atoms with E-state index in [1.165, 1.54) is 6.92 Å². The molecule has 12 N–H and O–H groups in total. The second-order valence-corrected chi connectivity index (χ2v) is 10.4. The normalized spacial score (nSPS) is 14.9. The topological polar surface area (TPSA) is 251 Å². The van der Waals surface area contributed by atoms with Crippen LogP contribution in [0, 0.1) is 5.92 Å². The van der Waals surface area contributed by atoms with Crippen molar-refractivity contribution in [3.8, 4) is 0 Å². The summed E-state index contributed by atoms with van der Waals surface area (Å²) >= 11 is 0. The fraction of sp³-hybridized carbons (Fsp3) is 0.519. The number of hydrogen-bond donors (Lipinski definition) is 9. The predicted molar refractivity (Wildman–Crippen MR) is 154 cm³/mol. The molecule has 0 spiro atoms. The number of carboxylic acid groups (broad SMARTS) is 1. The number of aliphatic hydroxyl groups excluding tert-OH is 1. The molecule has 3 amide bonds. The summed E-state index contributed by atoms with van der Waals surface area (Å²) in [5.74, 6) is -3.62. The number of nitrogens with one attached hydrogen (secondary N) is 4. The van der Waals surface area contributed by atoms with Gasteiger partial charge in [0.25, 0.3) is 0 Å². The van der Waals surface area contributed by atoms with Gasteiger partial charge in [-0.3, -0.25) is 19.4 Å². The zero-order valence-corrected chi connectivity index (χ0v) is 23.6. The van der Waals surface area contributed by atoms with E-state index in [4.69, 9.17) is 17.2 Å². The SMILES string of the molecule is CC(C)CC(NC(=O)C(NC(=O)C(N)Cc1c[nH]c2ccccc12)C(C)O)C(=O)NC(CCCN=C(N)N)C(=O)O. The van der Waals surface area contributed by atoms with Crippen molar-refractivity contribution < 1.29 is 29.4 Å². The largest absolute Gasteiger partial charge is 0.480 e. The number of hydrogen-bond acceptors (Lipinski definition) is 7. The lowest BCUT2D eigenvalue weighted by Gasteiger charge is -2.27. The number of para-hydroxylation sites is 1. The number of amides is 3. The van der Waals surface area contributed by atoms with Crippen LogP contribution in [-0.2, 0) is 25.6 Å². The van der Waals surface area contributed by atoms with Crippen LogP contribution in [0.15, 0.2) is 35.5 Å². The molecule has 0 saturated heterocycles. The van der Waals surface area contributed by atoms with Gasteiger partial charge in [-0.2, -0.15) is 0 Å². The summed E-state index contributed by atoms with van der Waals surface area (Å²) in [6, 6.07) is 2.75. The number of carbonyl (C=O) groups is 4. The monoisotopic (exact) mass is 574 g/mol. The summed E-state index contributed by atoms with van der Waals surface area (Å²) in [5.41, 5.74) is 18.4. The lowest BCUT2D eigenvalue weighted by atomic mass is 10.0. The lowest BCUT2D eigenvalue weighted by Crippen LogP contribution is -2.60. The molecule has 14 heteroatoms. The summed E-state index contributed by atoms with van der Waals surface area (Å²) in [7, 11) is 0. The Kier molecular flexibility index (Phi) is 12.5. The van der Waals surface area contributed by atoms with Gasteiger partial charge < -0.3 is 48.3 Å². The molecule has 0 aliphatic carbocycles. The van der Waals surface area contributed by atoms with E-state index in [1.807, 2.05) is 38.1 Å². The fourth-order valence-corrected chi connectivity index (χ4v) is 4.29. The van der Waals surface area contributed by atoms with Gasteiger partial charge >= 0.3 is 5.97 Å². The number of aromatic amines is 1. The van der Waals surface area contributed by atoms with Crippen LogP contribution in [0.25, 0.3) is 10.9 Å². The average molecular weight is 575 g/mol. The molecule has 0 aliphatic heterocycles. The van der Waals surface area contributed by atoms with Gasteiger partial charge in [-0.25, -0.2) is 4.79 Å². The van der Waals surface area contributed by atoms with Gasteiger partial charge in [0.15, 0.2) is 5.96 Å². The van der Waals surface area contributed by atoms with Crippen molar-refractivity contribution in [2.45, 2.75) is 76.7 Å². The number of aromatic nitrogens is 1. The number of aliphatic imine (C=N–C) groups is 1. The average Bonchev–Trinajstić information content (AvgIpc) is 3.30. The number of carbonyl (C=O) groups excluding carboxylic acids is 3. The van der Waals surface area contributed by atoms with E-state index in [-0.39, 0.29) is 37.7 Å². The summed E-state index contributed by atoms with van der Waals surface area (Å²) in [6.07, 6.45) is 1.16. The minimum absolute atomic E-state index is 0.0552. The maximum atomic E-state index is 13.2. The molecule has 0 saturated carbocycles. The van der Waals surface area contributed by atoms with Crippen LogP contribution in [0.2, 0.25) is 0 Å². The van der Waals surface area contributed by atoms with Crippen molar-refractivity contribution in [3.05, 3.63) is 36.0 Å². The van der Waals surface area contributed by atoms with Crippen molar-refractivity contribution >= 4 is 40.6 Å². The third-order valence-electron chi connectivity index (χ3n) is 6.41. The van der Waals surface area contributed by atoms with Crippen LogP contribution in [0.5, 0.6) is 0 Å². The Hall–Kier alpha value is -4.17. The number of rotatable bonds is 16. The van der Waals surface area contributed by atoms with E-state index < -0.39 is 54.0 Å². The Morgan fingerprint density at radius 1 is 0.976 bits per heavy atom. The van der Waals surface area contributed by atoms with Gasteiger partial charge in [-0.05, 0) is 50.2 Å². The van der Waals surface area contributed by atoms with E-state index in [0.717, 1.165) is 16.5 Å². The minimum atomic E-state index is -1.41. The van der Waals surface area contributed by atoms with Crippen LogP contribution in [0.1, 0.15) is 45.6 Å². The number of aliphatic carboxylic acids is 1. The molecule has 0 bridgehead atoms. The highest BCUT2D eigenvalue weighted by molar-refractivity contribution is 5.94. The molecule has 1 aromatic heterocycles. The van der Waals surface area contributed by atoms with Crippen molar-refractivity contribution in [3.63, 3.8) is 0 Å². The van der Waals surface area contributed by atoms with Crippen LogP contribution < -0.4 is 33.2 Å². The van der Waals surface area contributed by atoms with Gasteiger partial charge in [0.1, 0.15) is 18.1 Å². The van der Waals surface area contributed by atoms with Crippen molar-refractivity contribution in [2.75, 3.05) is 6.54 Å². The molecule has 0 fully saturated rings. The number of carboxylic acids is 1. The summed E-state index contributed by atoms with van der Waals surface area (Å²) in [6.45, 7) is 5.17. The number of H-pyrrole nitrogens is 1. The molecular weight excluding hydrogens is 532 g/mol. The second-order valence-electron chi connectivity index (χ2n) is 10.4.